The van der Waals surface area contributed by atoms with Gasteiger partial charge in [-0.2, -0.15) is 0 Å². The van der Waals surface area contributed by atoms with Crippen LogP contribution >= 0.6 is 0 Å². The maximum atomic E-state index is 5.70. The summed E-state index contributed by atoms with van der Waals surface area (Å²) in [7, 11) is 3.28. The molecule has 4 nitrogen and oxygen atoms in total. The molecular formula is C11H16N2O2. The topological polar surface area (TPSA) is 56.5 Å². The lowest BCUT2D eigenvalue weighted by Gasteiger charge is -2.11. The van der Waals surface area contributed by atoms with Gasteiger partial charge in [-0.05, 0) is 11.6 Å². The summed E-state index contributed by atoms with van der Waals surface area (Å²) >= 11 is 0. The van der Waals surface area contributed by atoms with E-state index in [1.165, 1.54) is 5.56 Å². The van der Waals surface area contributed by atoms with Gasteiger partial charge >= 0.3 is 0 Å². The van der Waals surface area contributed by atoms with Gasteiger partial charge in [0.05, 0.1) is 14.2 Å². The fourth-order valence-electron chi connectivity index (χ4n) is 1.94. The monoisotopic (exact) mass is 208 g/mol. The average Bonchev–Trinajstić information content (AvgIpc) is 2.68. The number of nitrogens with one attached hydrogen (secondary N) is 1. The smallest absolute Gasteiger partial charge is 0.162 e. The summed E-state index contributed by atoms with van der Waals surface area (Å²) in [6.07, 6.45) is 0. The molecule has 0 bridgehead atoms. The van der Waals surface area contributed by atoms with Crippen LogP contribution in [-0.2, 0) is 0 Å². The summed E-state index contributed by atoms with van der Waals surface area (Å²) < 4.78 is 10.5. The summed E-state index contributed by atoms with van der Waals surface area (Å²) in [6.45, 7) is 1.54. The van der Waals surface area contributed by atoms with E-state index in [0.717, 1.165) is 23.7 Å². The number of nitrogens with two attached hydrogens (primary N) is 1. The quantitative estimate of drug-likeness (QED) is 0.783. The van der Waals surface area contributed by atoms with Crippen molar-refractivity contribution >= 4 is 5.69 Å². The molecule has 0 amide bonds. The van der Waals surface area contributed by atoms with E-state index in [2.05, 4.69) is 5.32 Å². The number of benzene rings is 1. The van der Waals surface area contributed by atoms with Crippen LogP contribution in [0.5, 0.6) is 11.5 Å². The molecule has 0 saturated heterocycles. The van der Waals surface area contributed by atoms with Gasteiger partial charge in [-0.3, -0.25) is 0 Å². The molecule has 1 aliphatic rings. The molecule has 3 N–H and O–H groups in total. The number of fused-ring (bicyclic) bond motifs is 1. The van der Waals surface area contributed by atoms with E-state index in [9.17, 15) is 0 Å². The number of hydrogen-bond acceptors (Lipinski definition) is 4. The zero-order chi connectivity index (χ0) is 10.8. The predicted molar refractivity (Wildman–Crippen MR) is 59.8 cm³/mol. The van der Waals surface area contributed by atoms with Crippen LogP contribution in [0.3, 0.4) is 0 Å². The number of rotatable bonds is 3. The molecule has 1 aromatic carbocycles. The lowest BCUT2D eigenvalue weighted by molar-refractivity contribution is 0.355. The Kier molecular flexibility index (Phi) is 2.68. The minimum absolute atomic E-state index is 0.375. The highest BCUT2D eigenvalue weighted by Gasteiger charge is 2.23. The van der Waals surface area contributed by atoms with Crippen molar-refractivity contribution in [1.82, 2.24) is 0 Å². The molecule has 2 rings (SSSR count). The summed E-state index contributed by atoms with van der Waals surface area (Å²) in [5, 5.41) is 3.31. The highest BCUT2D eigenvalue weighted by atomic mass is 16.5. The molecule has 1 heterocycles. The van der Waals surface area contributed by atoms with Crippen LogP contribution in [0.4, 0.5) is 5.69 Å². The summed E-state index contributed by atoms with van der Waals surface area (Å²) in [5.41, 5.74) is 8.02. The first-order chi connectivity index (χ1) is 7.30. The van der Waals surface area contributed by atoms with Crippen LogP contribution in [-0.4, -0.2) is 27.3 Å². The van der Waals surface area contributed by atoms with Gasteiger partial charge in [0, 0.05) is 30.8 Å². The van der Waals surface area contributed by atoms with Crippen molar-refractivity contribution in [2.75, 3.05) is 32.6 Å². The molecule has 1 aliphatic heterocycles. The molecule has 1 aromatic rings. The van der Waals surface area contributed by atoms with Crippen molar-refractivity contribution in [3.05, 3.63) is 17.7 Å². The lowest BCUT2D eigenvalue weighted by atomic mass is 10.0. The van der Waals surface area contributed by atoms with Gasteiger partial charge in [0.1, 0.15) is 0 Å². The van der Waals surface area contributed by atoms with Crippen LogP contribution in [0.2, 0.25) is 0 Å². The van der Waals surface area contributed by atoms with Gasteiger partial charge in [-0.1, -0.05) is 0 Å². The second-order valence-corrected chi connectivity index (χ2v) is 3.61. The van der Waals surface area contributed by atoms with Gasteiger partial charge in [0.25, 0.3) is 0 Å². The Labute approximate surface area is 89.4 Å². The molecule has 82 valence electrons. The van der Waals surface area contributed by atoms with E-state index < -0.39 is 0 Å². The third-order valence-electron chi connectivity index (χ3n) is 2.82. The minimum Gasteiger partial charge on any atom is -0.493 e. The highest BCUT2D eigenvalue weighted by molar-refractivity contribution is 5.65. The van der Waals surface area contributed by atoms with Crippen LogP contribution < -0.4 is 20.5 Å². The summed E-state index contributed by atoms with van der Waals surface area (Å²) in [6, 6.07) is 3.97. The van der Waals surface area contributed by atoms with Crippen molar-refractivity contribution in [3.63, 3.8) is 0 Å². The Morgan fingerprint density at radius 1 is 1.33 bits per heavy atom. The Balaban J connectivity index is 2.44. The van der Waals surface area contributed by atoms with Gasteiger partial charge in [0.2, 0.25) is 0 Å². The van der Waals surface area contributed by atoms with Crippen molar-refractivity contribution in [2.45, 2.75) is 5.92 Å². The third kappa shape index (κ3) is 1.61. The number of methoxy groups -OCH3 is 2. The molecule has 0 radical (unpaired) electrons. The molecule has 15 heavy (non-hydrogen) atoms. The first-order valence-corrected chi connectivity index (χ1v) is 5.00. The largest absolute Gasteiger partial charge is 0.493 e. The van der Waals surface area contributed by atoms with Crippen molar-refractivity contribution in [1.29, 1.82) is 0 Å². The fraction of sp³-hybridized carbons (Fsp3) is 0.455. The van der Waals surface area contributed by atoms with E-state index in [1.807, 2.05) is 12.1 Å². The lowest BCUT2D eigenvalue weighted by Crippen LogP contribution is -2.13. The van der Waals surface area contributed by atoms with Crippen LogP contribution in [0, 0.1) is 0 Å². The molecule has 1 atom stereocenters. The fourth-order valence-corrected chi connectivity index (χ4v) is 1.94. The first kappa shape index (κ1) is 10.1. The molecule has 0 fully saturated rings. The van der Waals surface area contributed by atoms with E-state index in [-0.39, 0.29) is 0 Å². The van der Waals surface area contributed by atoms with E-state index in [0.29, 0.717) is 12.5 Å². The number of hydrogen-bond donors (Lipinski definition) is 2. The molecule has 1 unspecified atom stereocenters. The van der Waals surface area contributed by atoms with Crippen molar-refractivity contribution < 1.29 is 9.47 Å². The molecule has 0 saturated carbocycles. The van der Waals surface area contributed by atoms with Crippen molar-refractivity contribution in [2.24, 2.45) is 5.73 Å². The molecule has 0 aliphatic carbocycles. The molecular weight excluding hydrogens is 192 g/mol. The standard InChI is InChI=1S/C11H16N2O2/c1-14-10-3-8-7(5-12)6-13-9(8)4-11(10)15-2/h3-4,7,13H,5-6,12H2,1-2H3. The zero-order valence-electron chi connectivity index (χ0n) is 9.04. The first-order valence-electron chi connectivity index (χ1n) is 5.00. The van der Waals surface area contributed by atoms with Gasteiger partial charge in [-0.25, -0.2) is 0 Å². The minimum atomic E-state index is 0.375. The van der Waals surface area contributed by atoms with Crippen molar-refractivity contribution in [3.8, 4) is 11.5 Å². The summed E-state index contributed by atoms with van der Waals surface area (Å²) in [5.74, 6) is 1.89. The van der Waals surface area contributed by atoms with Gasteiger partial charge < -0.3 is 20.5 Å². The molecule has 4 heteroatoms. The predicted octanol–water partition coefficient (Wildman–Crippen LogP) is 1.17. The Morgan fingerprint density at radius 3 is 2.60 bits per heavy atom. The van der Waals surface area contributed by atoms with Crippen LogP contribution in [0.15, 0.2) is 12.1 Å². The number of anilines is 1. The third-order valence-corrected chi connectivity index (χ3v) is 2.82. The average molecular weight is 208 g/mol. The maximum absolute atomic E-state index is 5.70. The van der Waals surface area contributed by atoms with E-state index in [4.69, 9.17) is 15.2 Å². The van der Waals surface area contributed by atoms with Gasteiger partial charge in [-0.15, -0.1) is 0 Å². The molecule has 0 aromatic heterocycles. The summed E-state index contributed by atoms with van der Waals surface area (Å²) in [4.78, 5) is 0. The SMILES string of the molecule is COc1cc2c(cc1OC)C(CN)CN2. The number of ether oxygens (including phenoxy) is 2. The molecule has 0 spiro atoms. The normalized spacial score (nSPS) is 18.2. The van der Waals surface area contributed by atoms with E-state index in [1.54, 1.807) is 14.2 Å². The van der Waals surface area contributed by atoms with Crippen LogP contribution in [0.25, 0.3) is 0 Å². The van der Waals surface area contributed by atoms with Crippen LogP contribution in [0.1, 0.15) is 11.5 Å². The Hall–Kier alpha value is -1.42. The second kappa shape index (κ2) is 3.98. The Morgan fingerprint density at radius 2 is 2.00 bits per heavy atom. The Bertz CT molecular complexity index is 366. The van der Waals surface area contributed by atoms with Gasteiger partial charge in [0.15, 0.2) is 11.5 Å². The second-order valence-electron chi connectivity index (χ2n) is 3.61. The highest BCUT2D eigenvalue weighted by Crippen LogP contribution is 2.39. The maximum Gasteiger partial charge on any atom is 0.162 e. The zero-order valence-corrected chi connectivity index (χ0v) is 9.04. The van der Waals surface area contributed by atoms with E-state index >= 15 is 0 Å².